The third-order valence-corrected chi connectivity index (χ3v) is 3.20. The summed E-state index contributed by atoms with van der Waals surface area (Å²) in [5.74, 6) is -1.17. The molecule has 0 atom stereocenters. The largest absolute Gasteiger partial charge is 0.573 e. The fourth-order valence-corrected chi connectivity index (χ4v) is 2.10. The molecule has 0 fully saturated rings. The van der Waals surface area contributed by atoms with E-state index in [1.807, 2.05) is 0 Å². The highest BCUT2D eigenvalue weighted by Gasteiger charge is 2.31. The highest BCUT2D eigenvalue weighted by atomic mass is 19.4. The third kappa shape index (κ3) is 6.96. The number of carbonyl (C=O) groups is 1. The molecular weight excluding hydrogens is 373 g/mol. The van der Waals surface area contributed by atoms with E-state index < -0.39 is 24.6 Å². The van der Waals surface area contributed by atoms with Crippen LogP contribution in [0.3, 0.4) is 0 Å². The number of carbonyl (C=O) groups excluding carboxylic acids is 1. The lowest BCUT2D eigenvalue weighted by atomic mass is 10.2. The zero-order valence-corrected chi connectivity index (χ0v) is 13.7. The highest BCUT2D eigenvalue weighted by Crippen LogP contribution is 2.27. The van der Waals surface area contributed by atoms with Crippen molar-refractivity contribution in [3.05, 3.63) is 65.7 Å². The predicted molar refractivity (Wildman–Crippen MR) is 87.1 cm³/mol. The molecule has 1 N–H and O–H groups in total. The van der Waals surface area contributed by atoms with Gasteiger partial charge in [-0.05, 0) is 18.2 Å². The maximum atomic E-state index is 12.4. The molecule has 2 aromatic carbocycles. The summed E-state index contributed by atoms with van der Waals surface area (Å²) < 4.78 is 70.0. The Kier molecular flexibility index (Phi) is 6.75. The van der Waals surface area contributed by atoms with Crippen molar-refractivity contribution in [1.82, 2.24) is 5.32 Å². The molecule has 0 aliphatic heterocycles. The SMILES string of the molecule is O=C(/C=C/c1ccccc1OC(F)(F)F)NCc1ccccc1OC(F)F. The summed E-state index contributed by atoms with van der Waals surface area (Å²) in [5, 5.41) is 2.44. The van der Waals surface area contributed by atoms with Gasteiger partial charge in [0.2, 0.25) is 5.91 Å². The number of hydrogen-bond donors (Lipinski definition) is 1. The van der Waals surface area contributed by atoms with Gasteiger partial charge < -0.3 is 14.8 Å². The predicted octanol–water partition coefficient (Wildman–Crippen LogP) is 4.52. The molecule has 0 unspecified atom stereocenters. The van der Waals surface area contributed by atoms with Crippen LogP contribution < -0.4 is 14.8 Å². The summed E-state index contributed by atoms with van der Waals surface area (Å²) in [6.07, 6.45) is -2.70. The van der Waals surface area contributed by atoms with Crippen molar-refractivity contribution >= 4 is 12.0 Å². The summed E-state index contributed by atoms with van der Waals surface area (Å²) >= 11 is 0. The minimum atomic E-state index is -4.86. The molecule has 2 aromatic rings. The van der Waals surface area contributed by atoms with Gasteiger partial charge in [-0.1, -0.05) is 36.4 Å². The van der Waals surface area contributed by atoms with Crippen LogP contribution in [-0.2, 0) is 11.3 Å². The lowest BCUT2D eigenvalue weighted by molar-refractivity contribution is -0.274. The smallest absolute Gasteiger partial charge is 0.434 e. The molecule has 0 bridgehead atoms. The second kappa shape index (κ2) is 9.02. The molecule has 1 amide bonds. The van der Waals surface area contributed by atoms with Gasteiger partial charge in [-0.3, -0.25) is 4.79 Å². The van der Waals surface area contributed by atoms with E-state index in [0.717, 1.165) is 18.2 Å². The van der Waals surface area contributed by atoms with Crippen LogP contribution in [0.1, 0.15) is 11.1 Å². The average molecular weight is 387 g/mol. The summed E-state index contributed by atoms with van der Waals surface area (Å²) in [6, 6.07) is 11.2. The molecule has 144 valence electrons. The van der Waals surface area contributed by atoms with Crippen molar-refractivity contribution in [2.24, 2.45) is 0 Å². The first-order valence-corrected chi connectivity index (χ1v) is 7.58. The molecule has 0 heterocycles. The van der Waals surface area contributed by atoms with E-state index in [1.54, 1.807) is 6.07 Å². The molecule has 0 saturated carbocycles. The van der Waals surface area contributed by atoms with E-state index >= 15 is 0 Å². The number of amides is 1. The molecule has 4 nitrogen and oxygen atoms in total. The lowest BCUT2D eigenvalue weighted by Crippen LogP contribution is -2.21. The number of benzene rings is 2. The van der Waals surface area contributed by atoms with Crippen LogP contribution in [0.5, 0.6) is 11.5 Å². The van der Waals surface area contributed by atoms with Gasteiger partial charge in [0, 0.05) is 23.7 Å². The molecule has 0 aliphatic rings. The lowest BCUT2D eigenvalue weighted by Gasteiger charge is -2.11. The summed E-state index contributed by atoms with van der Waals surface area (Å²) in [5.41, 5.74) is 0.367. The van der Waals surface area contributed by atoms with Gasteiger partial charge in [0.25, 0.3) is 0 Å². The van der Waals surface area contributed by atoms with Gasteiger partial charge in [-0.25, -0.2) is 0 Å². The van der Waals surface area contributed by atoms with Crippen molar-refractivity contribution in [2.75, 3.05) is 0 Å². The fourth-order valence-electron chi connectivity index (χ4n) is 2.10. The Hall–Kier alpha value is -3.10. The molecule has 2 rings (SSSR count). The van der Waals surface area contributed by atoms with Gasteiger partial charge in [0.15, 0.2) is 0 Å². The number of nitrogens with one attached hydrogen (secondary N) is 1. The van der Waals surface area contributed by atoms with E-state index in [0.29, 0.717) is 5.56 Å². The number of alkyl halides is 5. The van der Waals surface area contributed by atoms with Crippen molar-refractivity contribution in [1.29, 1.82) is 0 Å². The maximum absolute atomic E-state index is 12.4. The number of rotatable bonds is 7. The van der Waals surface area contributed by atoms with Crippen LogP contribution in [-0.4, -0.2) is 18.9 Å². The van der Waals surface area contributed by atoms with Gasteiger partial charge in [-0.15, -0.1) is 13.2 Å². The normalized spacial score (nSPS) is 11.6. The Morgan fingerprint density at radius 3 is 2.33 bits per heavy atom. The standard InChI is InChI=1S/C18H14F5NO3/c19-17(20)26-14-7-3-2-6-13(14)11-24-16(25)10-9-12-5-1-4-8-15(12)27-18(21,22)23/h1-10,17H,11H2,(H,24,25)/b10-9+. The second-order valence-electron chi connectivity index (χ2n) is 5.12. The van der Waals surface area contributed by atoms with Gasteiger partial charge in [0.05, 0.1) is 0 Å². The fraction of sp³-hybridized carbons (Fsp3) is 0.167. The van der Waals surface area contributed by atoms with E-state index in [-0.39, 0.29) is 17.9 Å². The Bertz CT molecular complexity index is 806. The molecule has 0 aliphatic carbocycles. The van der Waals surface area contributed by atoms with E-state index in [1.165, 1.54) is 36.4 Å². The van der Waals surface area contributed by atoms with Crippen LogP contribution in [0.25, 0.3) is 6.08 Å². The van der Waals surface area contributed by atoms with Crippen LogP contribution in [0.15, 0.2) is 54.6 Å². The highest BCUT2D eigenvalue weighted by molar-refractivity contribution is 5.92. The van der Waals surface area contributed by atoms with Gasteiger partial charge >= 0.3 is 13.0 Å². The van der Waals surface area contributed by atoms with Gasteiger partial charge in [0.1, 0.15) is 11.5 Å². The number of ether oxygens (including phenoxy) is 2. The minimum absolute atomic E-state index is 0.0476. The van der Waals surface area contributed by atoms with Crippen molar-refractivity contribution in [3.8, 4) is 11.5 Å². The number of hydrogen-bond acceptors (Lipinski definition) is 3. The molecule has 0 aromatic heterocycles. The van der Waals surface area contributed by atoms with Crippen molar-refractivity contribution in [2.45, 2.75) is 19.5 Å². The van der Waals surface area contributed by atoms with E-state index in [2.05, 4.69) is 14.8 Å². The monoisotopic (exact) mass is 387 g/mol. The Morgan fingerprint density at radius 2 is 1.67 bits per heavy atom. The van der Waals surface area contributed by atoms with E-state index in [9.17, 15) is 26.7 Å². The van der Waals surface area contributed by atoms with Gasteiger partial charge in [-0.2, -0.15) is 8.78 Å². The molecule has 0 radical (unpaired) electrons. The van der Waals surface area contributed by atoms with E-state index in [4.69, 9.17) is 0 Å². The van der Waals surface area contributed by atoms with Crippen LogP contribution in [0, 0.1) is 0 Å². The van der Waals surface area contributed by atoms with Crippen molar-refractivity contribution < 1.29 is 36.2 Å². The van der Waals surface area contributed by atoms with Crippen LogP contribution in [0.4, 0.5) is 22.0 Å². The Labute approximate surface area is 151 Å². The number of halogens is 5. The van der Waals surface area contributed by atoms with Crippen molar-refractivity contribution in [3.63, 3.8) is 0 Å². The number of para-hydroxylation sites is 2. The minimum Gasteiger partial charge on any atom is -0.434 e. The zero-order chi connectivity index (χ0) is 19.9. The maximum Gasteiger partial charge on any atom is 0.573 e. The quantitative estimate of drug-likeness (QED) is 0.562. The summed E-state index contributed by atoms with van der Waals surface area (Å²) in [6.45, 7) is -3.11. The molecule has 0 saturated heterocycles. The zero-order valence-electron chi connectivity index (χ0n) is 13.7. The topological polar surface area (TPSA) is 47.6 Å². The molecule has 27 heavy (non-hydrogen) atoms. The summed E-state index contributed by atoms with van der Waals surface area (Å²) in [4.78, 5) is 11.9. The molecular formula is C18H14F5NO3. The molecule has 0 spiro atoms. The second-order valence-corrected chi connectivity index (χ2v) is 5.12. The molecule has 9 heteroatoms. The Balaban J connectivity index is 2.01. The first-order valence-electron chi connectivity index (χ1n) is 7.58. The van der Waals surface area contributed by atoms with Crippen LogP contribution >= 0.6 is 0 Å². The summed E-state index contributed by atoms with van der Waals surface area (Å²) in [7, 11) is 0. The first-order chi connectivity index (χ1) is 12.7. The average Bonchev–Trinajstić information content (AvgIpc) is 2.58. The van der Waals surface area contributed by atoms with Crippen LogP contribution in [0.2, 0.25) is 0 Å². The Morgan fingerprint density at radius 1 is 1.04 bits per heavy atom. The third-order valence-electron chi connectivity index (χ3n) is 3.20. The first kappa shape index (κ1) is 20.2.